The molecule has 12 heavy (non-hydrogen) atoms. The van der Waals surface area contributed by atoms with Gasteiger partial charge in [-0.05, 0) is 13.8 Å². The van der Waals surface area contributed by atoms with Crippen LogP contribution in [0.1, 0.15) is 13.8 Å². The first kappa shape index (κ1) is 10.5. The Morgan fingerprint density at radius 1 is 1.67 bits per heavy atom. The van der Waals surface area contributed by atoms with Gasteiger partial charge in [0.1, 0.15) is 0 Å². The fraction of sp³-hybridized carbons (Fsp3) is 1.00. The van der Waals surface area contributed by atoms with Crippen molar-refractivity contribution in [2.24, 2.45) is 0 Å². The standard InChI is InChI=1S/C7H14O3S2/c1-6(2)10-7(3-11-4-7)5-12(8)9/h6H,3-5H2,1-2H3,(H,8,9)/p-1. The van der Waals surface area contributed by atoms with Crippen molar-refractivity contribution < 1.29 is 13.5 Å². The van der Waals surface area contributed by atoms with Gasteiger partial charge >= 0.3 is 0 Å². The maximum atomic E-state index is 10.5. The minimum absolute atomic E-state index is 0.106. The molecule has 1 saturated heterocycles. The Morgan fingerprint density at radius 3 is 2.50 bits per heavy atom. The second-order valence-electron chi connectivity index (χ2n) is 3.29. The lowest BCUT2D eigenvalue weighted by molar-refractivity contribution is -0.0410. The average molecular weight is 209 g/mol. The second-order valence-corrected chi connectivity index (χ2v) is 5.17. The third kappa shape index (κ3) is 2.73. The molecule has 72 valence electrons. The summed E-state index contributed by atoms with van der Waals surface area (Å²) in [6.07, 6.45) is 0.106. The first-order valence-corrected chi connectivity index (χ1v) is 6.25. The number of rotatable bonds is 4. The van der Waals surface area contributed by atoms with Crippen molar-refractivity contribution in [1.82, 2.24) is 0 Å². The van der Waals surface area contributed by atoms with E-state index in [9.17, 15) is 8.76 Å². The van der Waals surface area contributed by atoms with E-state index in [2.05, 4.69) is 0 Å². The van der Waals surface area contributed by atoms with Crippen LogP contribution in [0.5, 0.6) is 0 Å². The van der Waals surface area contributed by atoms with E-state index < -0.39 is 11.1 Å². The monoisotopic (exact) mass is 209 g/mol. The molecule has 0 aromatic heterocycles. The Kier molecular flexibility index (Phi) is 3.58. The highest BCUT2D eigenvalue weighted by Gasteiger charge is 2.39. The molecular formula is C7H13O3S2-. The molecule has 0 N–H and O–H groups in total. The maximum absolute atomic E-state index is 10.5. The minimum atomic E-state index is -1.99. The summed E-state index contributed by atoms with van der Waals surface area (Å²) in [5, 5.41) is 0. The molecule has 1 fully saturated rings. The van der Waals surface area contributed by atoms with Gasteiger partial charge in [-0.15, -0.1) is 0 Å². The fourth-order valence-corrected chi connectivity index (χ4v) is 3.19. The Labute approximate surface area is 79.5 Å². The molecule has 0 aromatic carbocycles. The van der Waals surface area contributed by atoms with Gasteiger partial charge in [0.25, 0.3) is 0 Å². The van der Waals surface area contributed by atoms with Crippen molar-refractivity contribution >= 4 is 22.8 Å². The average Bonchev–Trinajstić information content (AvgIpc) is 1.80. The smallest absolute Gasteiger partial charge is 0.0969 e. The third-order valence-electron chi connectivity index (χ3n) is 1.60. The summed E-state index contributed by atoms with van der Waals surface area (Å²) < 4.78 is 26.6. The van der Waals surface area contributed by atoms with Crippen LogP contribution in [0.2, 0.25) is 0 Å². The largest absolute Gasteiger partial charge is 0.772 e. The lowest BCUT2D eigenvalue weighted by Gasteiger charge is -2.42. The zero-order valence-corrected chi connectivity index (χ0v) is 8.87. The van der Waals surface area contributed by atoms with E-state index in [0.29, 0.717) is 0 Å². The molecule has 1 aliphatic heterocycles. The first-order valence-electron chi connectivity index (χ1n) is 3.85. The molecule has 0 spiro atoms. The number of hydrogen-bond donors (Lipinski definition) is 0. The normalized spacial score (nSPS) is 23.7. The van der Waals surface area contributed by atoms with Gasteiger partial charge in [0.05, 0.1) is 11.7 Å². The summed E-state index contributed by atoms with van der Waals surface area (Å²) in [5.41, 5.74) is -0.383. The van der Waals surface area contributed by atoms with E-state index in [1.807, 2.05) is 13.8 Å². The summed E-state index contributed by atoms with van der Waals surface area (Å²) in [6.45, 7) is 3.86. The molecule has 0 saturated carbocycles. The van der Waals surface area contributed by atoms with E-state index >= 15 is 0 Å². The summed E-state index contributed by atoms with van der Waals surface area (Å²) in [6, 6.07) is 0. The van der Waals surface area contributed by atoms with E-state index in [0.717, 1.165) is 11.5 Å². The second kappa shape index (κ2) is 4.09. The van der Waals surface area contributed by atoms with Crippen LogP contribution in [0.3, 0.4) is 0 Å². The Hall–Kier alpha value is 0.420. The molecule has 1 unspecified atom stereocenters. The van der Waals surface area contributed by atoms with Crippen molar-refractivity contribution in [2.75, 3.05) is 17.3 Å². The topological polar surface area (TPSA) is 49.4 Å². The van der Waals surface area contributed by atoms with Crippen molar-refractivity contribution in [1.29, 1.82) is 0 Å². The van der Waals surface area contributed by atoms with Gasteiger partial charge < -0.3 is 9.29 Å². The third-order valence-corrected chi connectivity index (χ3v) is 3.82. The van der Waals surface area contributed by atoms with Crippen LogP contribution in [0.15, 0.2) is 0 Å². The van der Waals surface area contributed by atoms with Crippen LogP contribution in [-0.4, -0.2) is 37.7 Å². The van der Waals surface area contributed by atoms with Crippen LogP contribution >= 0.6 is 11.8 Å². The quantitative estimate of drug-likeness (QED) is 0.642. The highest BCUT2D eigenvalue weighted by Crippen LogP contribution is 2.34. The molecule has 0 radical (unpaired) electrons. The molecule has 5 heteroatoms. The molecular weight excluding hydrogens is 196 g/mol. The van der Waals surface area contributed by atoms with E-state index in [-0.39, 0.29) is 17.5 Å². The first-order chi connectivity index (χ1) is 5.54. The Balaban J connectivity index is 2.45. The van der Waals surface area contributed by atoms with Crippen LogP contribution in [0.25, 0.3) is 0 Å². The van der Waals surface area contributed by atoms with Crippen LogP contribution in [0, 0.1) is 0 Å². The molecule has 0 aliphatic carbocycles. The number of hydrogen-bond acceptors (Lipinski definition) is 4. The van der Waals surface area contributed by atoms with Gasteiger partial charge in [0.15, 0.2) is 0 Å². The Bertz CT molecular complexity index is 177. The summed E-state index contributed by atoms with van der Waals surface area (Å²) in [4.78, 5) is 0. The lowest BCUT2D eigenvalue weighted by Crippen LogP contribution is -2.51. The van der Waals surface area contributed by atoms with Gasteiger partial charge in [-0.1, -0.05) is 11.1 Å². The SMILES string of the molecule is CC(C)OC1(CS(=O)[O-])CSC1. The minimum Gasteiger partial charge on any atom is -0.772 e. The molecule has 1 heterocycles. The highest BCUT2D eigenvalue weighted by atomic mass is 32.2. The van der Waals surface area contributed by atoms with Crippen molar-refractivity contribution in [3.05, 3.63) is 0 Å². The molecule has 1 atom stereocenters. The molecule has 0 amide bonds. The van der Waals surface area contributed by atoms with Crippen molar-refractivity contribution in [3.63, 3.8) is 0 Å². The van der Waals surface area contributed by atoms with E-state index in [4.69, 9.17) is 4.74 Å². The fourth-order valence-electron chi connectivity index (χ4n) is 1.23. The van der Waals surface area contributed by atoms with Crippen molar-refractivity contribution in [3.8, 4) is 0 Å². The Morgan fingerprint density at radius 2 is 2.25 bits per heavy atom. The summed E-state index contributed by atoms with van der Waals surface area (Å²) in [7, 11) is 0. The van der Waals surface area contributed by atoms with E-state index in [1.54, 1.807) is 11.8 Å². The molecule has 0 bridgehead atoms. The van der Waals surface area contributed by atoms with Gasteiger partial charge in [0, 0.05) is 17.3 Å². The highest BCUT2D eigenvalue weighted by molar-refractivity contribution is 8.01. The molecule has 3 nitrogen and oxygen atoms in total. The van der Waals surface area contributed by atoms with Crippen molar-refractivity contribution in [2.45, 2.75) is 25.6 Å². The van der Waals surface area contributed by atoms with Gasteiger partial charge in [-0.3, -0.25) is 4.21 Å². The summed E-state index contributed by atoms with van der Waals surface area (Å²) in [5.74, 6) is 1.75. The van der Waals surface area contributed by atoms with Gasteiger partial charge in [-0.2, -0.15) is 11.8 Å². The maximum Gasteiger partial charge on any atom is 0.0969 e. The zero-order chi connectivity index (χ0) is 9.19. The molecule has 0 aromatic rings. The van der Waals surface area contributed by atoms with Gasteiger partial charge in [0.2, 0.25) is 0 Å². The van der Waals surface area contributed by atoms with Crippen LogP contribution < -0.4 is 0 Å². The van der Waals surface area contributed by atoms with Crippen LogP contribution in [-0.2, 0) is 15.8 Å². The molecule has 1 aliphatic rings. The lowest BCUT2D eigenvalue weighted by atomic mass is 10.1. The number of thioether (sulfide) groups is 1. The van der Waals surface area contributed by atoms with Gasteiger partial charge in [-0.25, -0.2) is 0 Å². The number of ether oxygens (including phenoxy) is 1. The van der Waals surface area contributed by atoms with Crippen LogP contribution in [0.4, 0.5) is 0 Å². The molecule has 1 rings (SSSR count). The van der Waals surface area contributed by atoms with E-state index in [1.165, 1.54) is 0 Å². The zero-order valence-electron chi connectivity index (χ0n) is 7.24. The predicted molar refractivity (Wildman–Crippen MR) is 50.1 cm³/mol. The predicted octanol–water partition coefficient (Wildman–Crippen LogP) is 0.776. The summed E-state index contributed by atoms with van der Waals surface area (Å²) >= 11 is -0.259.